The predicted octanol–water partition coefficient (Wildman–Crippen LogP) is 3.75. The molecule has 0 saturated carbocycles. The lowest BCUT2D eigenvalue weighted by molar-refractivity contribution is 0.0954. The van der Waals surface area contributed by atoms with E-state index in [1.54, 1.807) is 30.6 Å². The summed E-state index contributed by atoms with van der Waals surface area (Å²) in [6, 6.07) is 9.13. The Hall–Kier alpha value is -2.31. The van der Waals surface area contributed by atoms with Gasteiger partial charge in [0.15, 0.2) is 10.8 Å². The number of amides is 1. The Morgan fingerprint density at radius 2 is 1.92 bits per heavy atom. The molecule has 0 aliphatic carbocycles. The molecule has 24 heavy (non-hydrogen) atoms. The number of hydrogen-bond donors (Lipinski definition) is 1. The highest BCUT2D eigenvalue weighted by molar-refractivity contribution is 7.17. The number of carbonyl (C=O) groups excluding carboxylic acids is 1. The molecule has 0 aliphatic rings. The minimum atomic E-state index is -0.138. The number of hydrogen-bond acceptors (Lipinski definition) is 5. The van der Waals surface area contributed by atoms with Gasteiger partial charge >= 0.3 is 0 Å². The van der Waals surface area contributed by atoms with Crippen molar-refractivity contribution in [3.8, 4) is 10.8 Å². The van der Waals surface area contributed by atoms with Crippen LogP contribution < -0.4 is 5.32 Å². The average Bonchev–Trinajstić information content (AvgIpc) is 3.06. The van der Waals surface area contributed by atoms with Gasteiger partial charge in [-0.3, -0.25) is 4.79 Å². The van der Waals surface area contributed by atoms with E-state index in [1.807, 2.05) is 19.1 Å². The van der Waals surface area contributed by atoms with Crippen molar-refractivity contribution in [1.82, 2.24) is 20.3 Å². The Morgan fingerprint density at radius 1 is 1.21 bits per heavy atom. The number of benzene rings is 1. The first-order valence-electron chi connectivity index (χ1n) is 7.47. The van der Waals surface area contributed by atoms with Crippen LogP contribution in [0, 0.1) is 0 Å². The van der Waals surface area contributed by atoms with Crippen molar-refractivity contribution in [2.24, 2.45) is 0 Å². The first-order valence-corrected chi connectivity index (χ1v) is 8.66. The van der Waals surface area contributed by atoms with E-state index in [-0.39, 0.29) is 5.91 Å². The van der Waals surface area contributed by atoms with Gasteiger partial charge in [0.05, 0.1) is 5.69 Å². The van der Waals surface area contributed by atoms with Gasteiger partial charge < -0.3 is 5.32 Å². The Labute approximate surface area is 148 Å². The summed E-state index contributed by atoms with van der Waals surface area (Å²) >= 11 is 7.18. The summed E-state index contributed by atoms with van der Waals surface area (Å²) in [5, 5.41) is 4.25. The molecule has 0 saturated heterocycles. The van der Waals surface area contributed by atoms with E-state index in [2.05, 4.69) is 20.3 Å². The first-order chi connectivity index (χ1) is 11.7. The normalized spacial score (nSPS) is 10.6. The van der Waals surface area contributed by atoms with Crippen LogP contribution in [0.3, 0.4) is 0 Å². The zero-order chi connectivity index (χ0) is 16.9. The van der Waals surface area contributed by atoms with Gasteiger partial charge in [0, 0.05) is 24.0 Å². The molecular formula is C17H15ClN4OS. The molecule has 0 fully saturated rings. The minimum absolute atomic E-state index is 0.138. The molecule has 0 aliphatic heterocycles. The molecule has 0 atom stereocenters. The van der Waals surface area contributed by atoms with Crippen molar-refractivity contribution in [3.63, 3.8) is 0 Å². The van der Waals surface area contributed by atoms with Gasteiger partial charge in [-0.25, -0.2) is 15.0 Å². The minimum Gasteiger partial charge on any atom is -0.347 e. The van der Waals surface area contributed by atoms with E-state index in [0.29, 0.717) is 33.7 Å². The summed E-state index contributed by atoms with van der Waals surface area (Å²) in [6.07, 6.45) is 4.00. The smallest absolute Gasteiger partial charge is 0.263 e. The van der Waals surface area contributed by atoms with Crippen LogP contribution in [0.2, 0.25) is 5.02 Å². The summed E-state index contributed by atoms with van der Waals surface area (Å²) in [6.45, 7) is 2.41. The van der Waals surface area contributed by atoms with Crippen molar-refractivity contribution in [1.29, 1.82) is 0 Å². The second kappa shape index (κ2) is 7.51. The van der Waals surface area contributed by atoms with Gasteiger partial charge in [-0.2, -0.15) is 0 Å². The van der Waals surface area contributed by atoms with Gasteiger partial charge in [0.1, 0.15) is 4.88 Å². The third kappa shape index (κ3) is 3.77. The van der Waals surface area contributed by atoms with Crippen molar-refractivity contribution in [2.75, 3.05) is 0 Å². The van der Waals surface area contributed by atoms with Crippen LogP contribution in [0.5, 0.6) is 0 Å². The number of nitrogens with zero attached hydrogens (tertiary/aromatic N) is 3. The molecule has 0 radical (unpaired) electrons. The van der Waals surface area contributed by atoms with Crippen LogP contribution in [0.15, 0.2) is 42.7 Å². The molecule has 0 unspecified atom stereocenters. The molecule has 2 aromatic heterocycles. The second-order valence-electron chi connectivity index (χ2n) is 5.03. The Bertz CT molecular complexity index is 834. The van der Waals surface area contributed by atoms with Gasteiger partial charge in [0.25, 0.3) is 5.91 Å². The van der Waals surface area contributed by atoms with E-state index in [4.69, 9.17) is 11.6 Å². The maximum absolute atomic E-state index is 12.5. The summed E-state index contributed by atoms with van der Waals surface area (Å²) in [5.74, 6) is 0.399. The first kappa shape index (κ1) is 16.5. The van der Waals surface area contributed by atoms with Gasteiger partial charge in [-0.05, 0) is 30.2 Å². The highest BCUT2D eigenvalue weighted by Crippen LogP contribution is 2.26. The topological polar surface area (TPSA) is 67.8 Å². The Balaban J connectivity index is 1.76. The number of halogens is 1. The van der Waals surface area contributed by atoms with Crippen LogP contribution >= 0.6 is 22.9 Å². The fourth-order valence-corrected chi connectivity index (χ4v) is 3.28. The van der Waals surface area contributed by atoms with Crippen LogP contribution in [-0.4, -0.2) is 20.9 Å². The Kier molecular flexibility index (Phi) is 5.17. The molecule has 122 valence electrons. The standard InChI is InChI=1S/C17H15ClN4OS/c1-2-13-14(24-17(22-13)15-19-8-3-9-20-15)16(23)21-10-11-4-6-12(18)7-5-11/h3-9H,2,10H2,1H3,(H,21,23). The van der Waals surface area contributed by atoms with Crippen molar-refractivity contribution in [3.05, 3.63) is 63.9 Å². The van der Waals surface area contributed by atoms with Gasteiger partial charge in [0.2, 0.25) is 0 Å². The molecule has 2 heterocycles. The monoisotopic (exact) mass is 358 g/mol. The number of thiazole rings is 1. The summed E-state index contributed by atoms with van der Waals surface area (Å²) in [4.78, 5) is 26.0. The molecule has 3 aromatic rings. The lowest BCUT2D eigenvalue weighted by Crippen LogP contribution is -2.22. The third-order valence-corrected chi connectivity index (χ3v) is 4.71. The quantitative estimate of drug-likeness (QED) is 0.754. The van der Waals surface area contributed by atoms with E-state index in [9.17, 15) is 4.79 Å². The lowest BCUT2D eigenvalue weighted by atomic mass is 10.2. The lowest BCUT2D eigenvalue weighted by Gasteiger charge is -2.05. The van der Waals surface area contributed by atoms with Crippen LogP contribution in [0.4, 0.5) is 0 Å². The van der Waals surface area contributed by atoms with E-state index < -0.39 is 0 Å². The second-order valence-corrected chi connectivity index (χ2v) is 6.47. The third-order valence-electron chi connectivity index (χ3n) is 3.36. The number of aromatic nitrogens is 3. The molecule has 1 aromatic carbocycles. The Morgan fingerprint density at radius 3 is 2.58 bits per heavy atom. The van der Waals surface area contributed by atoms with E-state index in [1.165, 1.54) is 11.3 Å². The average molecular weight is 359 g/mol. The van der Waals surface area contributed by atoms with Gasteiger partial charge in [-0.15, -0.1) is 11.3 Å². The largest absolute Gasteiger partial charge is 0.347 e. The predicted molar refractivity (Wildman–Crippen MR) is 95.1 cm³/mol. The fraction of sp³-hybridized carbons (Fsp3) is 0.176. The molecule has 3 rings (SSSR count). The zero-order valence-electron chi connectivity index (χ0n) is 13.0. The zero-order valence-corrected chi connectivity index (χ0v) is 14.6. The molecule has 1 amide bonds. The number of nitrogens with one attached hydrogen (secondary N) is 1. The maximum atomic E-state index is 12.5. The van der Waals surface area contributed by atoms with Gasteiger partial charge in [-0.1, -0.05) is 30.7 Å². The highest BCUT2D eigenvalue weighted by atomic mass is 35.5. The van der Waals surface area contributed by atoms with Crippen molar-refractivity contribution in [2.45, 2.75) is 19.9 Å². The van der Waals surface area contributed by atoms with E-state index in [0.717, 1.165) is 11.3 Å². The molecule has 5 nitrogen and oxygen atoms in total. The van der Waals surface area contributed by atoms with Crippen molar-refractivity contribution >= 4 is 28.8 Å². The number of aryl methyl sites for hydroxylation is 1. The van der Waals surface area contributed by atoms with Crippen molar-refractivity contribution < 1.29 is 4.79 Å². The number of carbonyl (C=O) groups is 1. The van der Waals surface area contributed by atoms with E-state index >= 15 is 0 Å². The molecule has 0 bridgehead atoms. The maximum Gasteiger partial charge on any atom is 0.263 e. The van der Waals surface area contributed by atoms with Crippen LogP contribution in [0.1, 0.15) is 27.9 Å². The highest BCUT2D eigenvalue weighted by Gasteiger charge is 2.18. The fourth-order valence-electron chi connectivity index (χ4n) is 2.14. The molecular weight excluding hydrogens is 344 g/mol. The SMILES string of the molecule is CCc1nc(-c2ncccn2)sc1C(=O)NCc1ccc(Cl)cc1. The number of rotatable bonds is 5. The van der Waals surface area contributed by atoms with Crippen LogP contribution in [-0.2, 0) is 13.0 Å². The molecule has 7 heteroatoms. The molecule has 0 spiro atoms. The summed E-state index contributed by atoms with van der Waals surface area (Å²) in [5.41, 5.74) is 1.75. The summed E-state index contributed by atoms with van der Waals surface area (Å²) in [7, 11) is 0. The molecule has 1 N–H and O–H groups in total. The summed E-state index contributed by atoms with van der Waals surface area (Å²) < 4.78 is 0. The van der Waals surface area contributed by atoms with Crippen LogP contribution in [0.25, 0.3) is 10.8 Å².